The second kappa shape index (κ2) is 9.74. The SMILES string of the molecule is COc1ccc(CCN2CCN(CC(=O)Nc3cccc(Cl)c3)CC2)cc1. The van der Waals surface area contributed by atoms with Crippen LogP contribution < -0.4 is 10.1 Å². The highest BCUT2D eigenvalue weighted by atomic mass is 35.5. The second-order valence-corrected chi connectivity index (χ2v) is 7.21. The molecule has 1 saturated heterocycles. The molecule has 1 aliphatic heterocycles. The Morgan fingerprint density at radius 2 is 1.78 bits per heavy atom. The lowest BCUT2D eigenvalue weighted by Gasteiger charge is -2.34. The van der Waals surface area contributed by atoms with Crippen molar-refractivity contribution < 1.29 is 9.53 Å². The summed E-state index contributed by atoms with van der Waals surface area (Å²) < 4.78 is 5.20. The van der Waals surface area contributed by atoms with E-state index in [1.807, 2.05) is 24.3 Å². The van der Waals surface area contributed by atoms with Crippen LogP contribution in [0, 0.1) is 0 Å². The molecule has 144 valence electrons. The number of methoxy groups -OCH3 is 1. The molecule has 1 amide bonds. The molecule has 1 heterocycles. The number of piperazine rings is 1. The number of anilines is 1. The number of halogens is 1. The van der Waals surface area contributed by atoms with Gasteiger partial charge in [0.1, 0.15) is 5.75 Å². The Bertz CT molecular complexity index is 743. The van der Waals surface area contributed by atoms with Gasteiger partial charge in [0.05, 0.1) is 13.7 Å². The third-order valence-electron chi connectivity index (χ3n) is 4.82. The first-order valence-electron chi connectivity index (χ1n) is 9.25. The van der Waals surface area contributed by atoms with Crippen molar-refractivity contribution in [1.29, 1.82) is 0 Å². The third-order valence-corrected chi connectivity index (χ3v) is 5.05. The normalized spacial score (nSPS) is 15.5. The van der Waals surface area contributed by atoms with Crippen molar-refractivity contribution in [1.82, 2.24) is 9.80 Å². The highest BCUT2D eigenvalue weighted by Gasteiger charge is 2.18. The number of carbonyl (C=O) groups is 1. The van der Waals surface area contributed by atoms with Gasteiger partial charge in [-0.25, -0.2) is 0 Å². The van der Waals surface area contributed by atoms with Crippen LogP contribution in [0.4, 0.5) is 5.69 Å². The van der Waals surface area contributed by atoms with Gasteiger partial charge < -0.3 is 15.0 Å². The number of amides is 1. The molecule has 6 heteroatoms. The Morgan fingerprint density at radius 1 is 1.07 bits per heavy atom. The van der Waals surface area contributed by atoms with Crippen LogP contribution in [-0.4, -0.2) is 62.1 Å². The van der Waals surface area contributed by atoms with Crippen LogP contribution >= 0.6 is 11.6 Å². The van der Waals surface area contributed by atoms with E-state index in [0.717, 1.165) is 50.6 Å². The molecule has 0 aromatic heterocycles. The van der Waals surface area contributed by atoms with Gasteiger partial charge in [0.25, 0.3) is 0 Å². The molecule has 0 aliphatic carbocycles. The number of nitrogens with zero attached hydrogens (tertiary/aromatic N) is 2. The number of benzene rings is 2. The summed E-state index contributed by atoms with van der Waals surface area (Å²) in [7, 11) is 1.68. The summed E-state index contributed by atoms with van der Waals surface area (Å²) >= 11 is 5.95. The Hall–Kier alpha value is -2.08. The van der Waals surface area contributed by atoms with Crippen LogP contribution in [0.3, 0.4) is 0 Å². The number of ether oxygens (including phenoxy) is 1. The Kier molecular flexibility index (Phi) is 7.10. The molecule has 0 spiro atoms. The fourth-order valence-corrected chi connectivity index (χ4v) is 3.41. The molecule has 2 aromatic rings. The molecule has 1 fully saturated rings. The molecule has 3 rings (SSSR count). The third kappa shape index (κ3) is 6.24. The van der Waals surface area contributed by atoms with Crippen LogP contribution in [0.25, 0.3) is 0 Å². The average Bonchev–Trinajstić information content (AvgIpc) is 2.68. The van der Waals surface area contributed by atoms with Crippen molar-refractivity contribution in [3.63, 3.8) is 0 Å². The van der Waals surface area contributed by atoms with Gasteiger partial charge >= 0.3 is 0 Å². The number of nitrogens with one attached hydrogen (secondary N) is 1. The first-order chi connectivity index (χ1) is 13.1. The first kappa shape index (κ1) is 19.7. The van der Waals surface area contributed by atoms with E-state index in [9.17, 15) is 4.79 Å². The number of hydrogen-bond acceptors (Lipinski definition) is 4. The average molecular weight is 388 g/mol. The summed E-state index contributed by atoms with van der Waals surface area (Å²) in [4.78, 5) is 16.9. The van der Waals surface area contributed by atoms with Crippen molar-refractivity contribution in [2.45, 2.75) is 6.42 Å². The molecular formula is C21H26ClN3O2. The zero-order valence-corrected chi connectivity index (χ0v) is 16.4. The minimum Gasteiger partial charge on any atom is -0.497 e. The number of hydrogen-bond donors (Lipinski definition) is 1. The van der Waals surface area contributed by atoms with Crippen molar-refractivity contribution in [2.75, 3.05) is 51.7 Å². The molecule has 0 unspecified atom stereocenters. The van der Waals surface area contributed by atoms with Crippen LogP contribution in [0.2, 0.25) is 5.02 Å². The van der Waals surface area contributed by atoms with Crippen LogP contribution in [0.15, 0.2) is 48.5 Å². The van der Waals surface area contributed by atoms with Crippen molar-refractivity contribution in [3.05, 3.63) is 59.1 Å². The number of carbonyl (C=O) groups excluding carboxylic acids is 1. The molecule has 0 atom stereocenters. The maximum absolute atomic E-state index is 12.2. The Balaban J connectivity index is 1.37. The van der Waals surface area contributed by atoms with Crippen molar-refractivity contribution in [3.8, 4) is 5.75 Å². The zero-order chi connectivity index (χ0) is 19.1. The smallest absolute Gasteiger partial charge is 0.238 e. The Morgan fingerprint density at radius 3 is 2.44 bits per heavy atom. The monoisotopic (exact) mass is 387 g/mol. The molecule has 0 radical (unpaired) electrons. The quantitative estimate of drug-likeness (QED) is 0.792. The summed E-state index contributed by atoms with van der Waals surface area (Å²) in [6, 6.07) is 15.5. The van der Waals surface area contributed by atoms with Gasteiger partial charge in [-0.2, -0.15) is 0 Å². The highest BCUT2D eigenvalue weighted by molar-refractivity contribution is 6.30. The standard InChI is InChI=1S/C21H26ClN3O2/c1-27-20-7-5-17(6-8-20)9-10-24-11-13-25(14-12-24)16-21(26)23-19-4-2-3-18(22)15-19/h2-8,15H,9-14,16H2,1H3,(H,23,26). The lowest BCUT2D eigenvalue weighted by molar-refractivity contribution is -0.117. The van der Waals surface area contributed by atoms with Crippen LogP contribution in [-0.2, 0) is 11.2 Å². The van der Waals surface area contributed by atoms with Crippen LogP contribution in [0.1, 0.15) is 5.56 Å². The fraction of sp³-hybridized carbons (Fsp3) is 0.381. The van der Waals surface area contributed by atoms with E-state index in [2.05, 4.69) is 27.2 Å². The minimum absolute atomic E-state index is 0.00366. The van der Waals surface area contributed by atoms with E-state index in [1.165, 1.54) is 5.56 Å². The fourth-order valence-electron chi connectivity index (χ4n) is 3.22. The van der Waals surface area contributed by atoms with Gasteiger partial charge in [0.2, 0.25) is 5.91 Å². The lowest BCUT2D eigenvalue weighted by Crippen LogP contribution is -2.49. The van der Waals surface area contributed by atoms with Gasteiger partial charge in [-0.1, -0.05) is 29.8 Å². The molecular weight excluding hydrogens is 362 g/mol. The van der Waals surface area contributed by atoms with Crippen molar-refractivity contribution >= 4 is 23.2 Å². The molecule has 5 nitrogen and oxygen atoms in total. The largest absolute Gasteiger partial charge is 0.497 e. The summed E-state index contributed by atoms with van der Waals surface area (Å²) in [6.45, 7) is 5.24. The van der Waals surface area contributed by atoms with E-state index in [4.69, 9.17) is 16.3 Å². The van der Waals surface area contributed by atoms with Gasteiger partial charge in [-0.15, -0.1) is 0 Å². The topological polar surface area (TPSA) is 44.8 Å². The summed E-state index contributed by atoms with van der Waals surface area (Å²) in [5.74, 6) is 0.896. The van der Waals surface area contributed by atoms with Gasteiger partial charge in [-0.3, -0.25) is 9.69 Å². The molecule has 0 saturated carbocycles. The molecule has 1 aliphatic rings. The van der Waals surface area contributed by atoms with Gasteiger partial charge in [0.15, 0.2) is 0 Å². The number of rotatable bonds is 7. The lowest BCUT2D eigenvalue weighted by atomic mass is 10.1. The predicted molar refractivity (Wildman–Crippen MR) is 110 cm³/mol. The molecule has 1 N–H and O–H groups in total. The highest BCUT2D eigenvalue weighted by Crippen LogP contribution is 2.15. The van der Waals surface area contributed by atoms with E-state index in [-0.39, 0.29) is 5.91 Å². The van der Waals surface area contributed by atoms with Gasteiger partial charge in [0, 0.05) is 43.4 Å². The van der Waals surface area contributed by atoms with E-state index >= 15 is 0 Å². The molecule has 0 bridgehead atoms. The molecule has 27 heavy (non-hydrogen) atoms. The van der Waals surface area contributed by atoms with E-state index < -0.39 is 0 Å². The van der Waals surface area contributed by atoms with E-state index in [0.29, 0.717) is 11.6 Å². The van der Waals surface area contributed by atoms with E-state index in [1.54, 1.807) is 19.2 Å². The zero-order valence-electron chi connectivity index (χ0n) is 15.7. The summed E-state index contributed by atoms with van der Waals surface area (Å²) in [5, 5.41) is 3.53. The Labute approximate surface area is 165 Å². The van der Waals surface area contributed by atoms with Crippen LogP contribution in [0.5, 0.6) is 5.75 Å². The second-order valence-electron chi connectivity index (χ2n) is 6.77. The minimum atomic E-state index is 0.00366. The molecule has 2 aromatic carbocycles. The predicted octanol–water partition coefficient (Wildman–Crippen LogP) is 3.15. The van der Waals surface area contributed by atoms with Crippen molar-refractivity contribution in [2.24, 2.45) is 0 Å². The van der Waals surface area contributed by atoms with Gasteiger partial charge in [-0.05, 0) is 42.3 Å². The first-order valence-corrected chi connectivity index (χ1v) is 9.63. The maximum atomic E-state index is 12.2. The summed E-state index contributed by atoms with van der Waals surface area (Å²) in [6.07, 6.45) is 1.03. The summed E-state index contributed by atoms with van der Waals surface area (Å²) in [5.41, 5.74) is 2.06. The maximum Gasteiger partial charge on any atom is 0.238 e.